The number of halogens is 2. The molecule has 1 aliphatic rings. The highest BCUT2D eigenvalue weighted by molar-refractivity contribution is 6.35. The topological polar surface area (TPSA) is 92.5 Å². The number of nitrogens with zero attached hydrogens (tertiary/aromatic N) is 1. The van der Waals surface area contributed by atoms with E-state index in [9.17, 15) is 23.2 Å². The van der Waals surface area contributed by atoms with Gasteiger partial charge in [-0.3, -0.25) is 14.4 Å². The van der Waals surface area contributed by atoms with Crippen molar-refractivity contribution in [2.45, 2.75) is 19.8 Å². The normalized spacial score (nSPS) is 13.7. The number of fused-ring (bicyclic) bond motifs is 1. The van der Waals surface area contributed by atoms with Gasteiger partial charge < -0.3 is 11.1 Å². The summed E-state index contributed by atoms with van der Waals surface area (Å²) in [5.41, 5.74) is 7.28. The molecule has 28 heavy (non-hydrogen) atoms. The Morgan fingerprint density at radius 3 is 2.43 bits per heavy atom. The summed E-state index contributed by atoms with van der Waals surface area (Å²) in [5.74, 6) is -5.05. The van der Waals surface area contributed by atoms with Crippen LogP contribution in [0.5, 0.6) is 0 Å². The maximum Gasteiger partial charge on any atom is 0.277 e. The minimum absolute atomic E-state index is 0.00976. The van der Waals surface area contributed by atoms with Crippen LogP contribution in [0.4, 0.5) is 14.5 Å². The molecule has 3 N–H and O–H groups in total. The van der Waals surface area contributed by atoms with Crippen LogP contribution in [-0.4, -0.2) is 36.7 Å². The third-order valence-corrected chi connectivity index (χ3v) is 4.56. The van der Waals surface area contributed by atoms with Crippen molar-refractivity contribution < 1.29 is 23.2 Å². The largest absolute Gasteiger partial charge is 0.346 e. The van der Waals surface area contributed by atoms with Crippen LogP contribution in [0.2, 0.25) is 0 Å². The van der Waals surface area contributed by atoms with Crippen molar-refractivity contribution in [2.24, 2.45) is 5.73 Å². The molecule has 0 bridgehead atoms. The molecule has 0 unspecified atom stereocenters. The van der Waals surface area contributed by atoms with Gasteiger partial charge in [-0.1, -0.05) is 12.1 Å². The van der Waals surface area contributed by atoms with Crippen molar-refractivity contribution in [3.8, 4) is 0 Å². The summed E-state index contributed by atoms with van der Waals surface area (Å²) in [6, 6.07) is 9.35. The highest BCUT2D eigenvalue weighted by Crippen LogP contribution is 2.31. The molecule has 0 saturated carbocycles. The number of hydrogen-bond donors (Lipinski definition) is 2. The summed E-state index contributed by atoms with van der Waals surface area (Å²) in [7, 11) is 0. The Labute approximate surface area is 160 Å². The zero-order chi connectivity index (χ0) is 20.6. The van der Waals surface area contributed by atoms with E-state index in [1.807, 2.05) is 19.1 Å². The summed E-state index contributed by atoms with van der Waals surface area (Å²) in [6.07, 6.45) is 0. The molecule has 0 fully saturated rings. The number of carbonyl (C=O) groups excluding carboxylic acids is 3. The van der Waals surface area contributed by atoms with E-state index in [0.29, 0.717) is 5.69 Å². The summed E-state index contributed by atoms with van der Waals surface area (Å²) in [6.45, 7) is 1.83. The first kappa shape index (κ1) is 19.6. The molecule has 0 radical (unpaired) electrons. The summed E-state index contributed by atoms with van der Waals surface area (Å²) in [4.78, 5) is 38.8. The monoisotopic (exact) mass is 387 g/mol. The van der Waals surface area contributed by atoms with Crippen LogP contribution in [-0.2, 0) is 0 Å². The SMILES string of the molecule is Cc1ccc(C)c(N2C(=O)c3ccc(C(=O)NCC(F)(F)CN)cc3C2=O)c1. The lowest BCUT2D eigenvalue weighted by Gasteiger charge is -2.17. The Morgan fingerprint density at radius 2 is 1.75 bits per heavy atom. The summed E-state index contributed by atoms with van der Waals surface area (Å²) in [5, 5.41) is 2.09. The number of benzene rings is 2. The molecule has 0 saturated heterocycles. The average Bonchev–Trinajstić information content (AvgIpc) is 2.92. The van der Waals surface area contributed by atoms with Crippen molar-refractivity contribution in [2.75, 3.05) is 18.0 Å². The quantitative estimate of drug-likeness (QED) is 0.771. The smallest absolute Gasteiger partial charge is 0.277 e. The molecule has 2 aromatic carbocycles. The van der Waals surface area contributed by atoms with E-state index in [1.54, 1.807) is 13.0 Å². The Balaban J connectivity index is 1.90. The van der Waals surface area contributed by atoms with Crippen LogP contribution in [0.1, 0.15) is 42.2 Å². The number of rotatable bonds is 5. The molecule has 1 heterocycles. The van der Waals surface area contributed by atoms with Gasteiger partial charge in [-0.2, -0.15) is 0 Å². The molecule has 0 aliphatic carbocycles. The summed E-state index contributed by atoms with van der Waals surface area (Å²) >= 11 is 0. The van der Waals surface area contributed by atoms with E-state index in [-0.39, 0.29) is 16.7 Å². The Kier molecular flexibility index (Phi) is 4.99. The zero-order valence-corrected chi connectivity index (χ0v) is 15.4. The van der Waals surface area contributed by atoms with Gasteiger partial charge in [0.2, 0.25) is 0 Å². The number of amides is 3. The Morgan fingerprint density at radius 1 is 1.07 bits per heavy atom. The van der Waals surface area contributed by atoms with E-state index in [1.165, 1.54) is 18.2 Å². The second-order valence-electron chi connectivity index (χ2n) is 6.74. The number of hydrogen-bond acceptors (Lipinski definition) is 4. The molecular formula is C20H19F2N3O3. The second-order valence-corrected chi connectivity index (χ2v) is 6.74. The highest BCUT2D eigenvalue weighted by atomic mass is 19.3. The first-order valence-electron chi connectivity index (χ1n) is 8.61. The number of nitrogens with one attached hydrogen (secondary N) is 1. The van der Waals surface area contributed by atoms with Crippen molar-refractivity contribution >= 4 is 23.4 Å². The van der Waals surface area contributed by atoms with Crippen LogP contribution in [0.15, 0.2) is 36.4 Å². The Bertz CT molecular complexity index is 989. The van der Waals surface area contributed by atoms with Crippen LogP contribution in [0.25, 0.3) is 0 Å². The van der Waals surface area contributed by atoms with Crippen LogP contribution in [0.3, 0.4) is 0 Å². The van der Waals surface area contributed by atoms with E-state index < -0.39 is 36.7 Å². The Hall–Kier alpha value is -3.13. The number of anilines is 1. The fourth-order valence-corrected chi connectivity index (χ4v) is 2.95. The molecule has 0 aromatic heterocycles. The number of imide groups is 1. The summed E-state index contributed by atoms with van der Waals surface area (Å²) < 4.78 is 26.5. The molecule has 146 valence electrons. The molecule has 8 heteroatoms. The lowest BCUT2D eigenvalue weighted by atomic mass is 10.1. The van der Waals surface area contributed by atoms with Gasteiger partial charge in [-0.05, 0) is 49.2 Å². The zero-order valence-electron chi connectivity index (χ0n) is 15.4. The fourth-order valence-electron chi connectivity index (χ4n) is 2.95. The number of carbonyl (C=O) groups is 3. The number of aryl methyl sites for hydroxylation is 2. The van der Waals surface area contributed by atoms with E-state index >= 15 is 0 Å². The predicted molar refractivity (Wildman–Crippen MR) is 99.8 cm³/mol. The van der Waals surface area contributed by atoms with Gasteiger partial charge in [0.15, 0.2) is 0 Å². The van der Waals surface area contributed by atoms with Crippen molar-refractivity contribution in [3.05, 3.63) is 64.2 Å². The molecule has 0 atom stereocenters. The first-order valence-corrected chi connectivity index (χ1v) is 8.61. The molecule has 2 aromatic rings. The van der Waals surface area contributed by atoms with E-state index in [4.69, 9.17) is 5.73 Å². The third-order valence-electron chi connectivity index (χ3n) is 4.56. The molecular weight excluding hydrogens is 368 g/mol. The van der Waals surface area contributed by atoms with Crippen molar-refractivity contribution in [3.63, 3.8) is 0 Å². The van der Waals surface area contributed by atoms with E-state index in [2.05, 4.69) is 5.32 Å². The maximum atomic E-state index is 13.2. The molecule has 3 rings (SSSR count). The highest BCUT2D eigenvalue weighted by Gasteiger charge is 2.38. The van der Waals surface area contributed by atoms with Crippen LogP contribution >= 0.6 is 0 Å². The van der Waals surface area contributed by atoms with Crippen LogP contribution < -0.4 is 16.0 Å². The molecule has 1 aliphatic heterocycles. The minimum atomic E-state index is -3.22. The number of nitrogens with two attached hydrogens (primary N) is 1. The van der Waals surface area contributed by atoms with Crippen molar-refractivity contribution in [1.82, 2.24) is 5.32 Å². The molecule has 6 nitrogen and oxygen atoms in total. The van der Waals surface area contributed by atoms with Gasteiger partial charge in [-0.25, -0.2) is 13.7 Å². The van der Waals surface area contributed by atoms with Gasteiger partial charge in [0.25, 0.3) is 23.6 Å². The van der Waals surface area contributed by atoms with E-state index in [0.717, 1.165) is 16.0 Å². The lowest BCUT2D eigenvalue weighted by Crippen LogP contribution is -2.41. The fraction of sp³-hybridized carbons (Fsp3) is 0.250. The predicted octanol–water partition coefficient (Wildman–Crippen LogP) is 2.43. The van der Waals surface area contributed by atoms with Gasteiger partial charge in [-0.15, -0.1) is 0 Å². The van der Waals surface area contributed by atoms with Crippen molar-refractivity contribution in [1.29, 1.82) is 0 Å². The van der Waals surface area contributed by atoms with Gasteiger partial charge in [0.1, 0.15) is 0 Å². The van der Waals surface area contributed by atoms with Gasteiger partial charge in [0, 0.05) is 5.56 Å². The van der Waals surface area contributed by atoms with Gasteiger partial charge >= 0.3 is 0 Å². The second kappa shape index (κ2) is 7.12. The lowest BCUT2D eigenvalue weighted by molar-refractivity contribution is 0.0118. The van der Waals surface area contributed by atoms with Crippen LogP contribution in [0, 0.1) is 13.8 Å². The molecule has 0 spiro atoms. The minimum Gasteiger partial charge on any atom is -0.346 e. The first-order chi connectivity index (χ1) is 13.1. The standard InChI is InChI=1S/C20H19F2N3O3/c1-11-3-4-12(2)16(7-11)25-18(27)14-6-5-13(8-15(14)19(25)28)17(26)24-10-20(21,22)9-23/h3-8H,9-10,23H2,1-2H3,(H,24,26). The third kappa shape index (κ3) is 3.50. The number of alkyl halides is 2. The average molecular weight is 387 g/mol. The molecule has 3 amide bonds. The maximum absolute atomic E-state index is 13.2. The van der Waals surface area contributed by atoms with Gasteiger partial charge in [0.05, 0.1) is 29.9 Å².